The van der Waals surface area contributed by atoms with Gasteiger partial charge in [0.2, 0.25) is 5.82 Å². The summed E-state index contributed by atoms with van der Waals surface area (Å²) >= 11 is 0. The first kappa shape index (κ1) is 23.6. The summed E-state index contributed by atoms with van der Waals surface area (Å²) in [5, 5.41) is 20.2. The maximum absolute atomic E-state index is 11.6. The highest BCUT2D eigenvalue weighted by Gasteiger charge is 2.22. The molecule has 4 aromatic rings. The van der Waals surface area contributed by atoms with E-state index >= 15 is 0 Å². The molecule has 1 fully saturated rings. The summed E-state index contributed by atoms with van der Waals surface area (Å²) in [6, 6.07) is 10.7. The standard InChI is InChI=1S/C25H29N9O2/c1-30-13-11-26-23(30)9-10-24-27-16-25(34(35)36)33(24)15-14-32-19-22(28-29-32)18-31-12-5-8-21(17-31)20-6-3-2-4-7-20/h2-4,6-7,9-11,13,16,19,21H,5,8,12,14-15,17-18H2,1H3/b10-9+. The molecular weight excluding hydrogens is 458 g/mol. The van der Waals surface area contributed by atoms with Crippen LogP contribution in [-0.4, -0.2) is 57.0 Å². The number of rotatable bonds is 9. The molecule has 0 aliphatic carbocycles. The van der Waals surface area contributed by atoms with Gasteiger partial charge in [0, 0.05) is 44.8 Å². The number of benzene rings is 1. The van der Waals surface area contributed by atoms with E-state index in [0.29, 0.717) is 24.8 Å². The summed E-state index contributed by atoms with van der Waals surface area (Å²) in [6.45, 7) is 3.58. The van der Waals surface area contributed by atoms with E-state index in [1.54, 1.807) is 27.6 Å². The summed E-state index contributed by atoms with van der Waals surface area (Å²) in [5.41, 5.74) is 2.29. The number of hydrogen-bond donors (Lipinski definition) is 0. The van der Waals surface area contributed by atoms with Gasteiger partial charge in [-0.3, -0.25) is 4.90 Å². The van der Waals surface area contributed by atoms with Crippen LogP contribution in [0.4, 0.5) is 5.82 Å². The molecule has 0 bridgehead atoms. The van der Waals surface area contributed by atoms with Crippen molar-refractivity contribution in [2.24, 2.45) is 7.05 Å². The van der Waals surface area contributed by atoms with Crippen molar-refractivity contribution in [2.45, 2.75) is 38.4 Å². The van der Waals surface area contributed by atoms with E-state index in [1.807, 2.05) is 24.0 Å². The molecule has 11 heteroatoms. The summed E-state index contributed by atoms with van der Waals surface area (Å²) in [4.78, 5) is 22.0. The van der Waals surface area contributed by atoms with Gasteiger partial charge in [-0.05, 0) is 41.9 Å². The van der Waals surface area contributed by atoms with E-state index < -0.39 is 4.92 Å². The number of likely N-dealkylation sites (tertiary alicyclic amines) is 1. The third-order valence-electron chi connectivity index (χ3n) is 6.59. The Labute approximate surface area is 208 Å². The molecule has 5 rings (SSSR count). The van der Waals surface area contributed by atoms with Crippen molar-refractivity contribution in [1.82, 2.24) is 39.0 Å². The molecule has 1 aromatic carbocycles. The maximum atomic E-state index is 11.6. The predicted molar refractivity (Wildman–Crippen MR) is 135 cm³/mol. The molecule has 0 radical (unpaired) electrons. The fraction of sp³-hybridized carbons (Fsp3) is 0.360. The highest BCUT2D eigenvalue weighted by atomic mass is 16.6. The van der Waals surface area contributed by atoms with E-state index in [1.165, 1.54) is 18.2 Å². The number of piperidine rings is 1. The van der Waals surface area contributed by atoms with Crippen LogP contribution in [-0.2, 0) is 26.7 Å². The van der Waals surface area contributed by atoms with Crippen LogP contribution in [0, 0.1) is 10.1 Å². The van der Waals surface area contributed by atoms with Gasteiger partial charge in [-0.1, -0.05) is 35.5 Å². The van der Waals surface area contributed by atoms with Crippen LogP contribution in [0.2, 0.25) is 0 Å². The molecule has 0 N–H and O–H groups in total. The van der Waals surface area contributed by atoms with Crippen LogP contribution < -0.4 is 0 Å². The lowest BCUT2D eigenvalue weighted by molar-refractivity contribution is -0.392. The van der Waals surface area contributed by atoms with Crippen molar-refractivity contribution in [2.75, 3.05) is 13.1 Å². The zero-order valence-electron chi connectivity index (χ0n) is 20.2. The number of imidazole rings is 2. The van der Waals surface area contributed by atoms with Crippen molar-refractivity contribution in [3.05, 3.63) is 88.1 Å². The van der Waals surface area contributed by atoms with Crippen LogP contribution in [0.15, 0.2) is 55.1 Å². The van der Waals surface area contributed by atoms with E-state index in [0.717, 1.165) is 37.6 Å². The molecule has 1 unspecified atom stereocenters. The third kappa shape index (κ3) is 5.41. The summed E-state index contributed by atoms with van der Waals surface area (Å²) in [5.74, 6) is 1.70. The van der Waals surface area contributed by atoms with Crippen molar-refractivity contribution in [3.63, 3.8) is 0 Å². The van der Waals surface area contributed by atoms with Gasteiger partial charge in [0.1, 0.15) is 18.6 Å². The van der Waals surface area contributed by atoms with Crippen LogP contribution in [0.25, 0.3) is 12.2 Å². The number of nitro groups is 1. The third-order valence-corrected chi connectivity index (χ3v) is 6.59. The largest absolute Gasteiger partial charge is 0.358 e. The van der Waals surface area contributed by atoms with Gasteiger partial charge in [-0.15, -0.1) is 5.10 Å². The molecule has 186 valence electrons. The van der Waals surface area contributed by atoms with E-state index in [2.05, 4.69) is 55.5 Å². The Morgan fingerprint density at radius 1 is 1.14 bits per heavy atom. The second kappa shape index (κ2) is 10.6. The molecule has 1 atom stereocenters. The monoisotopic (exact) mass is 487 g/mol. The fourth-order valence-electron chi connectivity index (χ4n) is 4.72. The molecular formula is C25H29N9O2. The zero-order chi connectivity index (χ0) is 24.9. The minimum atomic E-state index is -0.419. The average molecular weight is 488 g/mol. The van der Waals surface area contributed by atoms with Crippen molar-refractivity contribution in [1.29, 1.82) is 0 Å². The van der Waals surface area contributed by atoms with E-state index in [-0.39, 0.29) is 5.82 Å². The Morgan fingerprint density at radius 2 is 1.97 bits per heavy atom. The Morgan fingerprint density at radius 3 is 2.75 bits per heavy atom. The lowest BCUT2D eigenvalue weighted by atomic mass is 9.90. The second-order valence-electron chi connectivity index (χ2n) is 9.07. The van der Waals surface area contributed by atoms with Crippen LogP contribution in [0.5, 0.6) is 0 Å². The SMILES string of the molecule is Cn1ccnc1/C=C/c1ncc([N+](=O)[O-])n1CCn1cc(CN2CCCC(c3ccccc3)C2)nn1. The van der Waals surface area contributed by atoms with Gasteiger partial charge >= 0.3 is 5.82 Å². The quantitative estimate of drug-likeness (QED) is 0.263. The number of nitrogens with zero attached hydrogens (tertiary/aromatic N) is 9. The lowest BCUT2D eigenvalue weighted by Gasteiger charge is -2.32. The van der Waals surface area contributed by atoms with Gasteiger partial charge in [0.15, 0.2) is 0 Å². The molecule has 3 aromatic heterocycles. The normalized spacial score (nSPS) is 16.6. The van der Waals surface area contributed by atoms with E-state index in [9.17, 15) is 10.1 Å². The first-order chi connectivity index (χ1) is 17.6. The highest BCUT2D eigenvalue weighted by Crippen LogP contribution is 2.27. The summed E-state index contributed by atoms with van der Waals surface area (Å²) < 4.78 is 5.18. The molecule has 0 spiro atoms. The zero-order valence-corrected chi connectivity index (χ0v) is 20.2. The van der Waals surface area contributed by atoms with Gasteiger partial charge < -0.3 is 14.7 Å². The van der Waals surface area contributed by atoms with Crippen molar-refractivity contribution < 1.29 is 4.92 Å². The second-order valence-corrected chi connectivity index (χ2v) is 9.07. The van der Waals surface area contributed by atoms with Gasteiger partial charge in [0.05, 0.1) is 12.2 Å². The topological polar surface area (TPSA) is 113 Å². The highest BCUT2D eigenvalue weighted by molar-refractivity contribution is 5.64. The Bertz CT molecular complexity index is 1340. The van der Waals surface area contributed by atoms with Gasteiger partial charge in [-0.2, -0.15) is 0 Å². The van der Waals surface area contributed by atoms with Gasteiger partial charge in [-0.25, -0.2) is 19.2 Å². The summed E-state index contributed by atoms with van der Waals surface area (Å²) in [6.07, 6.45) is 12.6. The smallest absolute Gasteiger partial charge is 0.343 e. The van der Waals surface area contributed by atoms with E-state index in [4.69, 9.17) is 0 Å². The van der Waals surface area contributed by atoms with Crippen LogP contribution >= 0.6 is 0 Å². The number of aryl methyl sites for hydroxylation is 2. The minimum Gasteiger partial charge on any atom is -0.358 e. The molecule has 4 heterocycles. The fourth-order valence-corrected chi connectivity index (χ4v) is 4.72. The first-order valence-electron chi connectivity index (χ1n) is 12.1. The predicted octanol–water partition coefficient (Wildman–Crippen LogP) is 3.37. The van der Waals surface area contributed by atoms with Crippen LogP contribution in [0.1, 0.15) is 41.7 Å². The molecule has 0 saturated carbocycles. The first-order valence-corrected chi connectivity index (χ1v) is 12.1. The Hall–Kier alpha value is -4.12. The van der Waals surface area contributed by atoms with Crippen molar-refractivity contribution in [3.8, 4) is 0 Å². The van der Waals surface area contributed by atoms with Crippen molar-refractivity contribution >= 4 is 18.0 Å². The Balaban J connectivity index is 1.23. The lowest BCUT2D eigenvalue weighted by Crippen LogP contribution is -2.34. The minimum absolute atomic E-state index is 0.0601. The number of hydrogen-bond acceptors (Lipinski definition) is 7. The molecule has 1 aliphatic heterocycles. The maximum Gasteiger partial charge on any atom is 0.343 e. The molecule has 11 nitrogen and oxygen atoms in total. The Kier molecular flexibility index (Phi) is 6.99. The molecule has 1 aliphatic rings. The molecule has 36 heavy (non-hydrogen) atoms. The molecule has 1 saturated heterocycles. The van der Waals surface area contributed by atoms with Crippen LogP contribution in [0.3, 0.4) is 0 Å². The van der Waals surface area contributed by atoms with Gasteiger partial charge in [0.25, 0.3) is 0 Å². The summed E-state index contributed by atoms with van der Waals surface area (Å²) in [7, 11) is 1.88. The number of aromatic nitrogens is 7. The molecule has 0 amide bonds. The average Bonchev–Trinajstić information content (AvgIpc) is 3.62.